The highest BCUT2D eigenvalue weighted by molar-refractivity contribution is 7.93. The predicted molar refractivity (Wildman–Crippen MR) is 109 cm³/mol. The lowest BCUT2D eigenvalue weighted by atomic mass is 10.1. The summed E-state index contributed by atoms with van der Waals surface area (Å²) in [5.74, 6) is -0.00207. The molecule has 1 amide bonds. The van der Waals surface area contributed by atoms with Crippen molar-refractivity contribution < 1.29 is 17.9 Å². The molecule has 0 unspecified atom stereocenters. The van der Waals surface area contributed by atoms with Crippen molar-refractivity contribution in [2.75, 3.05) is 10.9 Å². The standard InChI is InChI=1S/C22H21NO4S/c1-3-27-19-15-13-18(14-16-19)23(22(24)21-12-8-7-9-17(21)2)28(25,26)20-10-5-4-6-11-20/h4-16H,3H2,1-2H3. The quantitative estimate of drug-likeness (QED) is 0.619. The monoisotopic (exact) mass is 395 g/mol. The van der Waals surface area contributed by atoms with E-state index in [-0.39, 0.29) is 10.6 Å². The minimum Gasteiger partial charge on any atom is -0.494 e. The van der Waals surface area contributed by atoms with E-state index in [9.17, 15) is 13.2 Å². The molecule has 0 spiro atoms. The molecule has 0 atom stereocenters. The SMILES string of the molecule is CCOc1ccc(N(C(=O)c2ccccc2C)S(=O)(=O)c2ccccc2)cc1. The van der Waals surface area contributed by atoms with E-state index in [1.165, 1.54) is 12.1 Å². The highest BCUT2D eigenvalue weighted by atomic mass is 32.2. The third-order valence-electron chi connectivity index (χ3n) is 4.22. The first kappa shape index (κ1) is 19.6. The fourth-order valence-electron chi connectivity index (χ4n) is 2.83. The van der Waals surface area contributed by atoms with Gasteiger partial charge in [0.2, 0.25) is 0 Å². The average Bonchev–Trinajstić information content (AvgIpc) is 2.70. The Hall–Kier alpha value is -3.12. The van der Waals surface area contributed by atoms with E-state index in [2.05, 4.69) is 0 Å². The molecule has 0 radical (unpaired) electrons. The Kier molecular flexibility index (Phi) is 5.80. The van der Waals surface area contributed by atoms with Gasteiger partial charge in [0.05, 0.1) is 17.2 Å². The minimum atomic E-state index is -4.10. The second-order valence-corrected chi connectivity index (χ2v) is 7.92. The summed E-state index contributed by atoms with van der Waals surface area (Å²) in [4.78, 5) is 13.4. The summed E-state index contributed by atoms with van der Waals surface area (Å²) in [6.45, 7) is 4.13. The van der Waals surface area contributed by atoms with Crippen molar-refractivity contribution in [2.45, 2.75) is 18.7 Å². The number of benzene rings is 3. The Labute approximate surface area is 165 Å². The van der Waals surface area contributed by atoms with E-state index >= 15 is 0 Å². The first-order valence-electron chi connectivity index (χ1n) is 8.88. The number of amides is 1. The number of hydrogen-bond donors (Lipinski definition) is 0. The zero-order valence-electron chi connectivity index (χ0n) is 15.7. The number of ether oxygens (including phenoxy) is 1. The molecule has 0 aliphatic heterocycles. The van der Waals surface area contributed by atoms with Crippen molar-refractivity contribution in [1.29, 1.82) is 0 Å². The summed E-state index contributed by atoms with van der Waals surface area (Å²) < 4.78 is 33.0. The third-order valence-corrected chi connectivity index (χ3v) is 5.95. The van der Waals surface area contributed by atoms with Crippen LogP contribution < -0.4 is 9.04 Å². The first-order chi connectivity index (χ1) is 13.4. The van der Waals surface area contributed by atoms with Gasteiger partial charge >= 0.3 is 0 Å². The van der Waals surface area contributed by atoms with Crippen molar-refractivity contribution in [3.63, 3.8) is 0 Å². The summed E-state index contributed by atoms with van der Waals surface area (Å²) in [5.41, 5.74) is 1.28. The van der Waals surface area contributed by atoms with E-state index in [1.54, 1.807) is 73.7 Å². The second kappa shape index (κ2) is 8.27. The van der Waals surface area contributed by atoms with Gasteiger partial charge < -0.3 is 4.74 Å². The summed E-state index contributed by atoms with van der Waals surface area (Å²) >= 11 is 0. The molecular formula is C22H21NO4S. The number of sulfonamides is 1. The smallest absolute Gasteiger partial charge is 0.272 e. The molecular weight excluding hydrogens is 374 g/mol. The van der Waals surface area contributed by atoms with Crippen LogP contribution in [-0.4, -0.2) is 20.9 Å². The molecule has 144 valence electrons. The van der Waals surface area contributed by atoms with E-state index < -0.39 is 15.9 Å². The van der Waals surface area contributed by atoms with E-state index in [4.69, 9.17) is 4.74 Å². The number of anilines is 1. The van der Waals surface area contributed by atoms with Gasteiger partial charge in [0.25, 0.3) is 15.9 Å². The fourth-order valence-corrected chi connectivity index (χ4v) is 4.26. The third kappa shape index (κ3) is 3.92. The summed E-state index contributed by atoms with van der Waals surface area (Å²) in [7, 11) is -4.10. The maximum atomic E-state index is 13.3. The molecule has 6 heteroatoms. The Morgan fingerprint density at radius 1 is 0.893 bits per heavy atom. The Morgan fingerprint density at radius 3 is 2.11 bits per heavy atom. The molecule has 3 aromatic rings. The summed E-state index contributed by atoms with van der Waals surface area (Å²) in [5, 5.41) is 0. The predicted octanol–water partition coefficient (Wildman–Crippen LogP) is 4.43. The molecule has 28 heavy (non-hydrogen) atoms. The fraction of sp³-hybridized carbons (Fsp3) is 0.136. The summed E-state index contributed by atoms with van der Waals surface area (Å²) in [6, 6.07) is 21.3. The Bertz CT molecular complexity index is 1060. The van der Waals surface area contributed by atoms with Gasteiger partial charge in [-0.05, 0) is 61.9 Å². The number of carbonyl (C=O) groups is 1. The average molecular weight is 395 g/mol. The van der Waals surface area contributed by atoms with Crippen LogP contribution in [0.15, 0.2) is 83.8 Å². The van der Waals surface area contributed by atoms with Crippen LogP contribution in [0.2, 0.25) is 0 Å². The van der Waals surface area contributed by atoms with Crippen LogP contribution in [-0.2, 0) is 10.0 Å². The zero-order chi connectivity index (χ0) is 20.1. The lowest BCUT2D eigenvalue weighted by molar-refractivity contribution is 0.100. The number of carbonyl (C=O) groups excluding carboxylic acids is 1. The van der Waals surface area contributed by atoms with Crippen molar-refractivity contribution in [1.82, 2.24) is 0 Å². The Balaban J connectivity index is 2.14. The van der Waals surface area contributed by atoms with Gasteiger partial charge in [-0.25, -0.2) is 8.42 Å². The maximum Gasteiger partial charge on any atom is 0.272 e. The topological polar surface area (TPSA) is 63.7 Å². The molecule has 0 aromatic heterocycles. The molecule has 0 fully saturated rings. The van der Waals surface area contributed by atoms with Crippen LogP contribution in [0.25, 0.3) is 0 Å². The van der Waals surface area contributed by atoms with Crippen LogP contribution in [0.5, 0.6) is 5.75 Å². The molecule has 0 N–H and O–H groups in total. The van der Waals surface area contributed by atoms with Crippen molar-refractivity contribution in [3.05, 3.63) is 90.0 Å². The molecule has 3 rings (SSSR count). The molecule has 0 saturated carbocycles. The maximum absolute atomic E-state index is 13.3. The molecule has 5 nitrogen and oxygen atoms in total. The normalized spacial score (nSPS) is 11.1. The van der Waals surface area contributed by atoms with Crippen LogP contribution in [0, 0.1) is 6.92 Å². The van der Waals surface area contributed by atoms with Crippen LogP contribution in [0.4, 0.5) is 5.69 Å². The second-order valence-electron chi connectivity index (χ2n) is 6.13. The van der Waals surface area contributed by atoms with Gasteiger partial charge in [-0.3, -0.25) is 4.79 Å². The zero-order valence-corrected chi connectivity index (χ0v) is 16.5. The van der Waals surface area contributed by atoms with Gasteiger partial charge in [0, 0.05) is 5.56 Å². The van der Waals surface area contributed by atoms with Gasteiger partial charge in [0.1, 0.15) is 5.75 Å². The molecule has 0 bridgehead atoms. The number of nitrogens with zero attached hydrogens (tertiary/aromatic N) is 1. The van der Waals surface area contributed by atoms with Gasteiger partial charge in [-0.15, -0.1) is 0 Å². The van der Waals surface area contributed by atoms with Crippen molar-refractivity contribution in [3.8, 4) is 5.75 Å². The number of aryl methyl sites for hydroxylation is 1. The molecule has 0 aliphatic carbocycles. The lowest BCUT2D eigenvalue weighted by Gasteiger charge is -2.23. The van der Waals surface area contributed by atoms with Crippen LogP contribution in [0.3, 0.4) is 0 Å². The van der Waals surface area contributed by atoms with Crippen LogP contribution >= 0.6 is 0 Å². The van der Waals surface area contributed by atoms with Crippen molar-refractivity contribution >= 4 is 21.6 Å². The minimum absolute atomic E-state index is 0.0471. The Morgan fingerprint density at radius 2 is 1.50 bits per heavy atom. The molecule has 3 aromatic carbocycles. The first-order valence-corrected chi connectivity index (χ1v) is 10.3. The summed E-state index contributed by atoms with van der Waals surface area (Å²) in [6.07, 6.45) is 0. The van der Waals surface area contributed by atoms with Gasteiger partial charge in [0.15, 0.2) is 0 Å². The number of rotatable bonds is 6. The molecule has 0 heterocycles. The van der Waals surface area contributed by atoms with E-state index in [1.807, 2.05) is 6.92 Å². The van der Waals surface area contributed by atoms with Crippen LogP contribution in [0.1, 0.15) is 22.8 Å². The molecule has 0 aliphatic rings. The largest absolute Gasteiger partial charge is 0.494 e. The highest BCUT2D eigenvalue weighted by Crippen LogP contribution is 2.28. The highest BCUT2D eigenvalue weighted by Gasteiger charge is 2.32. The van der Waals surface area contributed by atoms with Gasteiger partial charge in [-0.1, -0.05) is 36.4 Å². The number of hydrogen-bond acceptors (Lipinski definition) is 4. The van der Waals surface area contributed by atoms with E-state index in [0.29, 0.717) is 23.5 Å². The van der Waals surface area contributed by atoms with E-state index in [0.717, 1.165) is 4.31 Å². The molecule has 0 saturated heterocycles. The lowest BCUT2D eigenvalue weighted by Crippen LogP contribution is -2.37. The van der Waals surface area contributed by atoms with Gasteiger partial charge in [-0.2, -0.15) is 4.31 Å². The van der Waals surface area contributed by atoms with Crippen molar-refractivity contribution in [2.24, 2.45) is 0 Å².